The van der Waals surface area contributed by atoms with Gasteiger partial charge in [0.2, 0.25) is 5.95 Å². The minimum absolute atomic E-state index is 0.0916. The highest BCUT2D eigenvalue weighted by molar-refractivity contribution is 7.99. The number of aliphatic hydroxyl groups is 1. The summed E-state index contributed by atoms with van der Waals surface area (Å²) in [6, 6.07) is 6.99. The molecule has 3 N–H and O–H groups in total. The quantitative estimate of drug-likeness (QED) is 0.339. The van der Waals surface area contributed by atoms with E-state index in [9.17, 15) is 31.4 Å². The first kappa shape index (κ1) is 25.4. The van der Waals surface area contributed by atoms with Crippen molar-refractivity contribution in [2.75, 3.05) is 12.8 Å². The van der Waals surface area contributed by atoms with Gasteiger partial charge in [0.1, 0.15) is 16.3 Å². The SMILES string of the molecule is COc1ccc(Sc2nc(N)nc3c2ncn3CC2(O)C(CC(F)(F)F)C2(C)CC(F)(F)F)cc1. The Morgan fingerprint density at radius 1 is 1.11 bits per heavy atom. The van der Waals surface area contributed by atoms with Crippen LogP contribution in [0.1, 0.15) is 19.8 Å². The summed E-state index contributed by atoms with van der Waals surface area (Å²) < 4.78 is 85.2. The number of halogens is 6. The van der Waals surface area contributed by atoms with Crippen molar-refractivity contribution in [1.29, 1.82) is 0 Å². The number of nitrogen functional groups attached to an aromatic ring is 1. The van der Waals surface area contributed by atoms with Crippen LogP contribution in [0.5, 0.6) is 5.75 Å². The number of methoxy groups -OCH3 is 1. The molecule has 7 nitrogen and oxygen atoms in total. The molecular weight excluding hydrogens is 500 g/mol. The number of anilines is 1. The number of imidazole rings is 1. The molecule has 0 aliphatic heterocycles. The van der Waals surface area contributed by atoms with Crippen molar-refractivity contribution >= 4 is 28.9 Å². The van der Waals surface area contributed by atoms with Gasteiger partial charge in [0.15, 0.2) is 5.65 Å². The standard InChI is InChI=1S/C21H21F6N5O2S/c1-18(8-21(25,26)27)13(7-20(22,23)24)19(18,33)9-32-10-29-14-15(32)30-17(28)31-16(14)35-12-5-3-11(34-2)4-6-12/h3-6,10,13,33H,7-9H2,1-2H3,(H2,28,30,31). The van der Waals surface area contributed by atoms with Crippen LogP contribution in [0, 0.1) is 11.3 Å². The third-order valence-corrected chi connectivity index (χ3v) is 7.37. The summed E-state index contributed by atoms with van der Waals surface area (Å²) in [4.78, 5) is 13.2. The van der Waals surface area contributed by atoms with Gasteiger partial charge in [0, 0.05) is 22.6 Å². The molecule has 1 saturated carbocycles. The number of aromatic nitrogens is 4. The predicted octanol–water partition coefficient (Wildman–Crippen LogP) is 4.84. The molecule has 1 aliphatic carbocycles. The maximum Gasteiger partial charge on any atom is 0.389 e. The molecule has 2 aromatic heterocycles. The largest absolute Gasteiger partial charge is 0.497 e. The topological polar surface area (TPSA) is 99.1 Å². The Hall–Kier alpha value is -2.74. The van der Waals surface area contributed by atoms with Crippen molar-refractivity contribution in [3.05, 3.63) is 30.6 Å². The number of hydrogen-bond donors (Lipinski definition) is 2. The lowest BCUT2D eigenvalue weighted by Crippen LogP contribution is -2.28. The Morgan fingerprint density at radius 2 is 1.77 bits per heavy atom. The van der Waals surface area contributed by atoms with E-state index < -0.39 is 48.7 Å². The van der Waals surface area contributed by atoms with Crippen molar-refractivity contribution < 1.29 is 36.2 Å². The predicted molar refractivity (Wildman–Crippen MR) is 115 cm³/mol. The Labute approximate surface area is 199 Å². The van der Waals surface area contributed by atoms with E-state index >= 15 is 0 Å². The Balaban J connectivity index is 1.67. The summed E-state index contributed by atoms with van der Waals surface area (Å²) in [6.45, 7) is 0.449. The molecule has 0 radical (unpaired) electrons. The number of nitrogens with two attached hydrogens (primary N) is 1. The molecular formula is C21H21F6N5O2S. The van der Waals surface area contributed by atoms with Gasteiger partial charge in [-0.15, -0.1) is 0 Å². The van der Waals surface area contributed by atoms with Crippen molar-refractivity contribution in [2.45, 2.75) is 54.2 Å². The zero-order valence-corrected chi connectivity index (χ0v) is 19.3. The molecule has 0 spiro atoms. The van der Waals surface area contributed by atoms with E-state index in [1.807, 2.05) is 0 Å². The summed E-state index contributed by atoms with van der Waals surface area (Å²) in [7, 11) is 1.52. The van der Waals surface area contributed by atoms with E-state index in [1.165, 1.54) is 29.8 Å². The molecule has 190 valence electrons. The average Bonchev–Trinajstić information content (AvgIpc) is 3.00. The van der Waals surface area contributed by atoms with Crippen LogP contribution in [0.3, 0.4) is 0 Å². The lowest BCUT2D eigenvalue weighted by molar-refractivity contribution is -0.157. The van der Waals surface area contributed by atoms with Gasteiger partial charge in [-0.3, -0.25) is 0 Å². The molecule has 0 bridgehead atoms. The maximum atomic E-state index is 13.2. The van der Waals surface area contributed by atoms with Gasteiger partial charge in [0.05, 0.1) is 32.0 Å². The van der Waals surface area contributed by atoms with Crippen molar-refractivity contribution in [1.82, 2.24) is 19.5 Å². The fraction of sp³-hybridized carbons (Fsp3) is 0.476. The van der Waals surface area contributed by atoms with E-state index in [4.69, 9.17) is 10.5 Å². The lowest BCUT2D eigenvalue weighted by Gasteiger charge is -2.19. The highest BCUT2D eigenvalue weighted by atomic mass is 32.2. The van der Waals surface area contributed by atoms with Gasteiger partial charge in [-0.05, 0) is 24.3 Å². The van der Waals surface area contributed by atoms with Crippen LogP contribution in [0.2, 0.25) is 0 Å². The number of nitrogens with zero attached hydrogens (tertiary/aromatic N) is 4. The summed E-state index contributed by atoms with van der Waals surface area (Å²) in [5.41, 5.74) is 1.84. The molecule has 1 aromatic carbocycles. The minimum atomic E-state index is -4.76. The van der Waals surface area contributed by atoms with E-state index in [0.29, 0.717) is 10.8 Å². The van der Waals surface area contributed by atoms with E-state index in [-0.39, 0.29) is 17.1 Å². The Bertz CT molecular complexity index is 1230. The summed E-state index contributed by atoms with van der Waals surface area (Å²) in [6.07, 6.45) is -11.4. The Morgan fingerprint density at radius 3 is 2.34 bits per heavy atom. The van der Waals surface area contributed by atoms with Crippen LogP contribution in [-0.4, -0.2) is 49.7 Å². The van der Waals surface area contributed by atoms with Crippen LogP contribution in [0.15, 0.2) is 40.5 Å². The molecule has 3 atom stereocenters. The Kier molecular flexibility index (Phi) is 6.11. The van der Waals surface area contributed by atoms with E-state index in [1.54, 1.807) is 24.3 Å². The first-order valence-electron chi connectivity index (χ1n) is 10.3. The average molecular weight is 521 g/mol. The molecule has 0 amide bonds. The molecule has 14 heteroatoms. The fourth-order valence-electron chi connectivity index (χ4n) is 4.59. The zero-order chi connectivity index (χ0) is 25.8. The van der Waals surface area contributed by atoms with Crippen LogP contribution in [0.4, 0.5) is 32.3 Å². The lowest BCUT2D eigenvalue weighted by atomic mass is 9.97. The molecule has 4 rings (SSSR count). The number of rotatable bonds is 7. The number of benzene rings is 1. The normalized spacial score (nSPS) is 24.7. The molecule has 1 fully saturated rings. The van der Waals surface area contributed by atoms with Gasteiger partial charge in [0.25, 0.3) is 0 Å². The third-order valence-electron chi connectivity index (χ3n) is 6.39. The van der Waals surface area contributed by atoms with E-state index in [2.05, 4.69) is 15.0 Å². The van der Waals surface area contributed by atoms with Crippen LogP contribution >= 0.6 is 11.8 Å². The summed E-state index contributed by atoms with van der Waals surface area (Å²) >= 11 is 1.19. The van der Waals surface area contributed by atoms with Gasteiger partial charge < -0.3 is 20.1 Å². The number of ether oxygens (including phenoxy) is 1. The molecule has 3 unspecified atom stereocenters. The van der Waals surface area contributed by atoms with Crippen LogP contribution in [0.25, 0.3) is 11.2 Å². The van der Waals surface area contributed by atoms with Crippen molar-refractivity contribution in [3.8, 4) is 5.75 Å². The monoisotopic (exact) mass is 521 g/mol. The highest BCUT2D eigenvalue weighted by Gasteiger charge is 2.76. The van der Waals surface area contributed by atoms with Gasteiger partial charge >= 0.3 is 12.4 Å². The fourth-order valence-corrected chi connectivity index (χ4v) is 5.46. The molecule has 3 aromatic rings. The summed E-state index contributed by atoms with van der Waals surface area (Å²) in [5, 5.41) is 11.4. The van der Waals surface area contributed by atoms with E-state index in [0.717, 1.165) is 11.8 Å². The molecule has 0 saturated heterocycles. The molecule has 35 heavy (non-hydrogen) atoms. The van der Waals surface area contributed by atoms with Gasteiger partial charge in [-0.25, -0.2) is 9.97 Å². The second-order valence-electron chi connectivity index (χ2n) is 8.71. The number of fused-ring (bicyclic) bond motifs is 1. The smallest absolute Gasteiger partial charge is 0.389 e. The van der Waals surface area contributed by atoms with Crippen molar-refractivity contribution in [3.63, 3.8) is 0 Å². The highest BCUT2D eigenvalue weighted by Crippen LogP contribution is 2.69. The second kappa shape index (κ2) is 8.43. The second-order valence-corrected chi connectivity index (χ2v) is 9.78. The van der Waals surface area contributed by atoms with Gasteiger partial charge in [-0.2, -0.15) is 31.3 Å². The molecule has 2 heterocycles. The number of alkyl halides is 6. The first-order valence-corrected chi connectivity index (χ1v) is 11.1. The first-order chi connectivity index (χ1) is 16.1. The van der Waals surface area contributed by atoms with Crippen LogP contribution in [-0.2, 0) is 6.54 Å². The summed E-state index contributed by atoms with van der Waals surface area (Å²) in [5.74, 6) is -1.18. The van der Waals surface area contributed by atoms with Gasteiger partial charge in [-0.1, -0.05) is 18.7 Å². The third kappa shape index (κ3) is 4.99. The van der Waals surface area contributed by atoms with Crippen molar-refractivity contribution in [2.24, 2.45) is 11.3 Å². The minimum Gasteiger partial charge on any atom is -0.497 e. The van der Waals surface area contributed by atoms with Crippen LogP contribution < -0.4 is 10.5 Å². The number of hydrogen-bond acceptors (Lipinski definition) is 7. The molecule has 1 aliphatic rings. The maximum absolute atomic E-state index is 13.2. The zero-order valence-electron chi connectivity index (χ0n) is 18.5.